The van der Waals surface area contributed by atoms with Crippen molar-refractivity contribution in [2.24, 2.45) is 0 Å². The van der Waals surface area contributed by atoms with Crippen LogP contribution in [0.1, 0.15) is 31.8 Å². The smallest absolute Gasteiger partial charge is 0.222 e. The van der Waals surface area contributed by atoms with Crippen LogP contribution in [0.2, 0.25) is 0 Å². The van der Waals surface area contributed by atoms with Crippen molar-refractivity contribution in [1.82, 2.24) is 0 Å². The van der Waals surface area contributed by atoms with Crippen molar-refractivity contribution >= 4 is 12.6 Å². The molecule has 14 nitrogen and oxygen atoms in total. The Kier molecular flexibility index (Phi) is 10.2. The van der Waals surface area contributed by atoms with Gasteiger partial charge in [-0.2, -0.15) is 0 Å². The lowest BCUT2D eigenvalue weighted by Gasteiger charge is -2.45. The molecule has 40 heavy (non-hydrogen) atoms. The van der Waals surface area contributed by atoms with Gasteiger partial charge in [-0.15, -0.1) is 0 Å². The molecule has 0 spiro atoms. The first-order valence-corrected chi connectivity index (χ1v) is 12.1. The Labute approximate surface area is 227 Å². The van der Waals surface area contributed by atoms with E-state index in [9.17, 15) is 50.4 Å². The van der Waals surface area contributed by atoms with E-state index in [1.54, 1.807) is 0 Å². The maximum Gasteiger partial charge on any atom is 0.222 e. The fraction of sp³-hybridized carbons (Fsp3) is 0.462. The van der Waals surface area contributed by atoms with E-state index in [0.717, 1.165) is 0 Å². The van der Waals surface area contributed by atoms with Crippen molar-refractivity contribution in [2.45, 2.75) is 60.4 Å². The summed E-state index contributed by atoms with van der Waals surface area (Å²) < 4.78 is 10.3. The van der Waals surface area contributed by atoms with Gasteiger partial charge in [0.2, 0.25) is 11.6 Å². The molecule has 0 bridgehead atoms. The maximum atomic E-state index is 10.6. The van der Waals surface area contributed by atoms with Crippen LogP contribution in [0.3, 0.4) is 0 Å². The molecule has 0 aromatic heterocycles. The number of carbonyl (C=O) groups excluding carboxylic acids is 2. The molecular weight excluding hydrogens is 536 g/mol. The molecule has 0 amide bonds. The van der Waals surface area contributed by atoms with Crippen molar-refractivity contribution in [1.29, 1.82) is 0 Å². The number of aldehydes is 2. The number of hydrogen-bond acceptors (Lipinski definition) is 14. The molecule has 2 heterocycles. The molecule has 0 unspecified atom stereocenters. The van der Waals surface area contributed by atoms with Gasteiger partial charge < -0.3 is 60.5 Å². The van der Waals surface area contributed by atoms with Gasteiger partial charge in [-0.1, -0.05) is 48.5 Å². The molecule has 10 atom stereocenters. The van der Waals surface area contributed by atoms with Crippen molar-refractivity contribution in [3.63, 3.8) is 0 Å². The highest BCUT2D eigenvalue weighted by molar-refractivity contribution is 5.75. The van der Waals surface area contributed by atoms with Crippen molar-refractivity contribution < 1.29 is 70.1 Å². The quantitative estimate of drug-likeness (QED) is 0.150. The Bertz CT molecular complexity index is 1030. The summed E-state index contributed by atoms with van der Waals surface area (Å²) in [4.78, 5) is 21.2. The lowest BCUT2D eigenvalue weighted by molar-refractivity contribution is -0.357. The largest absolute Gasteiger partial charge is 0.394 e. The summed E-state index contributed by atoms with van der Waals surface area (Å²) in [6.07, 6.45) is -11.3. The minimum absolute atomic E-state index is 0.0972. The van der Waals surface area contributed by atoms with Crippen LogP contribution in [-0.4, -0.2) is 126 Å². The molecule has 2 fully saturated rings. The fourth-order valence-electron chi connectivity index (χ4n) is 4.39. The van der Waals surface area contributed by atoms with E-state index >= 15 is 0 Å². The topological polar surface area (TPSA) is 255 Å². The molecule has 2 saturated heterocycles. The van der Waals surface area contributed by atoms with Crippen LogP contribution in [0, 0.1) is 0 Å². The van der Waals surface area contributed by atoms with Crippen molar-refractivity contribution in [3.05, 3.63) is 70.8 Å². The zero-order chi connectivity index (χ0) is 29.8. The highest BCUT2D eigenvalue weighted by atomic mass is 16.7. The monoisotopic (exact) mass is 568 g/mol. The van der Waals surface area contributed by atoms with Crippen LogP contribution in [-0.2, 0) is 21.0 Å². The Balaban J connectivity index is 0.000000220. The van der Waals surface area contributed by atoms with Crippen LogP contribution in [0.5, 0.6) is 0 Å². The predicted molar refractivity (Wildman–Crippen MR) is 131 cm³/mol. The Morgan fingerprint density at radius 1 is 0.575 bits per heavy atom. The zero-order valence-corrected chi connectivity index (χ0v) is 20.9. The van der Waals surface area contributed by atoms with E-state index < -0.39 is 73.6 Å². The van der Waals surface area contributed by atoms with Crippen molar-refractivity contribution in [2.75, 3.05) is 13.2 Å². The summed E-state index contributed by atoms with van der Waals surface area (Å²) in [6.45, 7) is -1.28. The lowest BCUT2D eigenvalue weighted by atomic mass is 9.88. The summed E-state index contributed by atoms with van der Waals surface area (Å²) >= 11 is 0. The van der Waals surface area contributed by atoms with E-state index in [0.29, 0.717) is 23.7 Å². The molecule has 2 aliphatic heterocycles. The predicted octanol–water partition coefficient (Wildman–Crippen LogP) is -3.76. The van der Waals surface area contributed by atoms with Crippen LogP contribution >= 0.6 is 0 Å². The SMILES string of the molecule is O=Cc1ccc([C@@]2(O)O[C@H](CO)[C@@H](O)[C@@H](O)[C@H]2O)cc1.O=Cc1ccc([C@@]2(O)O[C@H](CO)[C@@H](O)[C@@H](O)[C@H]2O)cc1. The van der Waals surface area contributed by atoms with E-state index in [2.05, 4.69) is 0 Å². The maximum absolute atomic E-state index is 10.6. The molecule has 0 saturated carbocycles. The summed E-state index contributed by atoms with van der Waals surface area (Å²) in [6, 6.07) is 11.0. The molecule has 0 radical (unpaired) electrons. The van der Waals surface area contributed by atoms with Gasteiger partial charge in [0, 0.05) is 22.3 Å². The first-order valence-electron chi connectivity index (χ1n) is 12.1. The van der Waals surface area contributed by atoms with E-state index in [1.807, 2.05) is 0 Å². The number of rotatable bonds is 6. The third-order valence-electron chi connectivity index (χ3n) is 6.85. The zero-order valence-electron chi connectivity index (χ0n) is 20.9. The number of aliphatic hydroxyl groups is 10. The molecule has 2 aliphatic rings. The van der Waals surface area contributed by atoms with Crippen LogP contribution in [0.4, 0.5) is 0 Å². The molecule has 14 heteroatoms. The van der Waals surface area contributed by atoms with Gasteiger partial charge >= 0.3 is 0 Å². The summed E-state index contributed by atoms with van der Waals surface area (Å²) in [5.74, 6) is -4.57. The summed E-state index contributed by atoms with van der Waals surface area (Å²) in [7, 11) is 0. The minimum Gasteiger partial charge on any atom is -0.394 e. The average molecular weight is 569 g/mol. The highest BCUT2D eigenvalue weighted by Crippen LogP contribution is 2.37. The normalized spacial score (nSPS) is 37.6. The van der Waals surface area contributed by atoms with Gasteiger partial charge in [-0.3, -0.25) is 9.59 Å². The fourth-order valence-corrected chi connectivity index (χ4v) is 4.39. The second kappa shape index (κ2) is 12.9. The number of hydrogen-bond donors (Lipinski definition) is 10. The third-order valence-corrected chi connectivity index (χ3v) is 6.85. The average Bonchev–Trinajstić information content (AvgIpc) is 2.99. The Morgan fingerprint density at radius 3 is 1.12 bits per heavy atom. The molecule has 10 N–H and O–H groups in total. The molecule has 0 aliphatic carbocycles. The van der Waals surface area contributed by atoms with Gasteiger partial charge in [0.05, 0.1) is 13.2 Å². The van der Waals surface area contributed by atoms with Gasteiger partial charge in [0.1, 0.15) is 61.4 Å². The van der Waals surface area contributed by atoms with Crippen molar-refractivity contribution in [3.8, 4) is 0 Å². The third kappa shape index (κ3) is 5.99. The Hall–Kier alpha value is -2.70. The summed E-state index contributed by atoms with van der Waals surface area (Å²) in [5.41, 5.74) is 0.920. The molecule has 2 aromatic carbocycles. The molecule has 4 rings (SSSR count). The van der Waals surface area contributed by atoms with Gasteiger partial charge in [-0.05, 0) is 0 Å². The number of ether oxygens (including phenoxy) is 2. The minimum atomic E-state index is -2.28. The summed E-state index contributed by atoms with van der Waals surface area (Å²) in [5, 5.41) is 97.6. The molecule has 2 aromatic rings. The van der Waals surface area contributed by atoms with Crippen LogP contribution in [0.25, 0.3) is 0 Å². The van der Waals surface area contributed by atoms with E-state index in [-0.39, 0.29) is 11.1 Å². The van der Waals surface area contributed by atoms with E-state index in [4.69, 9.17) is 19.7 Å². The standard InChI is InChI=1S/2C13H16O7/c2*14-5-7-1-3-8(4-2-7)13(19)12(18)11(17)10(16)9(6-15)20-13/h2*1-5,9-12,15-19H,6H2/t2*9-,10-,11-,12-,13-/m11/s1. The van der Waals surface area contributed by atoms with Crippen LogP contribution < -0.4 is 0 Å². The first kappa shape index (κ1) is 31.8. The first-order chi connectivity index (χ1) is 18.9. The van der Waals surface area contributed by atoms with Crippen LogP contribution in [0.15, 0.2) is 48.5 Å². The van der Waals surface area contributed by atoms with Gasteiger partial charge in [-0.25, -0.2) is 0 Å². The number of aliphatic hydroxyl groups excluding tert-OH is 8. The number of benzene rings is 2. The Morgan fingerprint density at radius 2 is 0.875 bits per heavy atom. The van der Waals surface area contributed by atoms with E-state index in [1.165, 1.54) is 48.5 Å². The van der Waals surface area contributed by atoms with Gasteiger partial charge in [0.15, 0.2) is 0 Å². The molecule has 220 valence electrons. The highest BCUT2D eigenvalue weighted by Gasteiger charge is 2.54. The molecular formula is C26H32O14. The second-order valence-corrected chi connectivity index (χ2v) is 9.40. The second-order valence-electron chi connectivity index (χ2n) is 9.40. The number of carbonyl (C=O) groups is 2. The van der Waals surface area contributed by atoms with Gasteiger partial charge in [0.25, 0.3) is 0 Å². The lowest BCUT2D eigenvalue weighted by Crippen LogP contribution is -2.63.